The van der Waals surface area contributed by atoms with Crippen LogP contribution in [0.15, 0.2) is 193 Å². The molecule has 10 aromatic rings. The Morgan fingerprint density at radius 1 is 0.696 bits per heavy atom. The number of benzene rings is 7. The minimum atomic E-state index is -2.40. The highest BCUT2D eigenvalue weighted by atomic mass is 28.4. The van der Waals surface area contributed by atoms with Gasteiger partial charge in [-0.1, -0.05) is 93.6 Å². The Morgan fingerprint density at radius 2 is 1.34 bits per heavy atom. The van der Waals surface area contributed by atoms with E-state index in [4.69, 9.17) is 51.7 Å². The van der Waals surface area contributed by atoms with Crippen molar-refractivity contribution >= 4 is 25.4 Å². The van der Waals surface area contributed by atoms with E-state index in [1.165, 1.54) is 18.5 Å². The van der Waals surface area contributed by atoms with Crippen LogP contribution < -0.4 is 32.8 Å². The first-order valence-corrected chi connectivity index (χ1v) is 33.0. The maximum absolute atomic E-state index is 14.7. The van der Waals surface area contributed by atoms with Crippen molar-refractivity contribution in [3.63, 3.8) is 0 Å². The number of aliphatic carboxylic acids is 1. The van der Waals surface area contributed by atoms with E-state index in [2.05, 4.69) is 55.4 Å². The number of rotatable bonds is 28. The molecule has 0 saturated heterocycles. The smallest absolute Gasteiger partial charge is 0.345 e. The fourth-order valence-electron chi connectivity index (χ4n) is 10.8. The Bertz CT molecular complexity index is 4110. The van der Waals surface area contributed by atoms with Crippen LogP contribution in [0.2, 0.25) is 18.1 Å². The third kappa shape index (κ3) is 14.5. The van der Waals surface area contributed by atoms with Crippen molar-refractivity contribution in [2.45, 2.75) is 83.6 Å². The fourth-order valence-corrected chi connectivity index (χ4v) is 11.8. The van der Waals surface area contributed by atoms with Gasteiger partial charge in [-0.2, -0.15) is 0 Å². The van der Waals surface area contributed by atoms with Gasteiger partial charge in [0.05, 0.1) is 52.4 Å². The Labute approximate surface area is 536 Å². The summed E-state index contributed by atoms with van der Waals surface area (Å²) in [5.74, 6) is 2.41. The number of methoxy groups -OCH3 is 3. The predicted octanol–water partition coefficient (Wildman–Crippen LogP) is 15.8. The lowest BCUT2D eigenvalue weighted by Gasteiger charge is -2.37. The molecule has 0 spiro atoms. The monoisotopic (exact) mass is 1260 g/mol. The Morgan fingerprint density at radius 3 is 1.97 bits per heavy atom. The molecule has 16 nitrogen and oxygen atoms in total. The number of halogens is 1. The number of furan rings is 1. The highest BCUT2D eigenvalue weighted by molar-refractivity contribution is 6.74. The summed E-state index contributed by atoms with van der Waals surface area (Å²) in [6, 6.07) is 49.9. The molecule has 0 amide bonds. The van der Waals surface area contributed by atoms with Crippen LogP contribution in [0.5, 0.6) is 40.4 Å². The van der Waals surface area contributed by atoms with Crippen LogP contribution in [0.3, 0.4) is 0 Å². The van der Waals surface area contributed by atoms with Gasteiger partial charge in [-0.15, -0.1) is 6.58 Å². The van der Waals surface area contributed by atoms with E-state index < -0.39 is 37.9 Å². The summed E-state index contributed by atoms with van der Waals surface area (Å²) in [6.45, 7) is 18.9. The lowest BCUT2D eigenvalue weighted by Crippen LogP contribution is -2.43. The highest BCUT2D eigenvalue weighted by Gasteiger charge is 2.41. The standard InChI is InChI=1S/C74H75FN4O12Si/c1-12-38-85-44-60(45-87-74(51-18-14-13-15-19-51,52-24-30-56(82-7)31-25-52)53-26-32-57(83-8)33-27-53)88-59-39-47(2)65(48(3)40-59)66-67-70(77-46-78-71(67)90-68(66)49-22-28-54(75)29-23-49)89-64(72(80)81)42-50-41-58(91-92(10,11)73(4,5)6)34-35-62(50)86-43-55-36-37-76-69(79-55)61-20-16-17-21-63(61)84-9/h12-37,39-41,46,60,64H,1,38,42-45H2,2-11H3,(H,80,81). The molecule has 0 saturated carbocycles. The molecular formula is C74H75FN4O12Si. The van der Waals surface area contributed by atoms with E-state index >= 15 is 0 Å². The molecule has 3 aromatic heterocycles. The number of carboxylic acid groups (broad SMARTS) is 1. The topological polar surface area (TPSA) is 185 Å². The minimum Gasteiger partial charge on any atom is -0.543 e. The maximum atomic E-state index is 14.7. The highest BCUT2D eigenvalue weighted by Crippen LogP contribution is 2.48. The van der Waals surface area contributed by atoms with E-state index in [1.807, 2.05) is 135 Å². The molecule has 0 aliphatic heterocycles. The van der Waals surface area contributed by atoms with Crippen molar-refractivity contribution in [2.24, 2.45) is 0 Å². The van der Waals surface area contributed by atoms with Crippen molar-refractivity contribution < 1.29 is 61.0 Å². The summed E-state index contributed by atoms with van der Waals surface area (Å²) in [6.07, 6.45) is 2.15. The number of aromatic nitrogens is 4. The summed E-state index contributed by atoms with van der Waals surface area (Å²) >= 11 is 0. The second-order valence-electron chi connectivity index (χ2n) is 23.6. The molecule has 10 rings (SSSR count). The SMILES string of the molecule is C=CCOCC(COC(c1ccccc1)(c1ccc(OC)cc1)c1ccc(OC)cc1)Oc1cc(C)c(-c2c(-c3ccc(F)cc3)oc3ncnc(OC(Cc4cc(O[Si](C)(C)C(C)(C)C)ccc4OCc4ccnc(-c5ccccc5OC)n4)C(=O)O)c23)c(C)c1. The van der Waals surface area contributed by atoms with Gasteiger partial charge in [0.25, 0.3) is 0 Å². The second kappa shape index (κ2) is 28.5. The van der Waals surface area contributed by atoms with Gasteiger partial charge < -0.3 is 51.8 Å². The number of para-hydroxylation sites is 1. The van der Waals surface area contributed by atoms with Gasteiger partial charge in [0.15, 0.2) is 5.82 Å². The van der Waals surface area contributed by atoms with E-state index in [-0.39, 0.29) is 54.9 Å². The van der Waals surface area contributed by atoms with Gasteiger partial charge in [0.1, 0.15) is 76.1 Å². The van der Waals surface area contributed by atoms with Gasteiger partial charge in [0, 0.05) is 29.3 Å². The first-order chi connectivity index (χ1) is 44.3. The Balaban J connectivity index is 1.01. The maximum Gasteiger partial charge on any atom is 0.345 e. The van der Waals surface area contributed by atoms with Crippen LogP contribution >= 0.6 is 0 Å². The van der Waals surface area contributed by atoms with Crippen LogP contribution in [0.4, 0.5) is 4.39 Å². The molecule has 0 aliphatic rings. The number of fused-ring (bicyclic) bond motifs is 1. The average molecular weight is 1260 g/mol. The largest absolute Gasteiger partial charge is 0.543 e. The van der Waals surface area contributed by atoms with Crippen LogP contribution in [0.1, 0.15) is 59.8 Å². The van der Waals surface area contributed by atoms with Crippen LogP contribution in [0, 0.1) is 19.7 Å². The van der Waals surface area contributed by atoms with E-state index in [9.17, 15) is 14.3 Å². The number of hydrogen-bond donors (Lipinski definition) is 1. The van der Waals surface area contributed by atoms with Crippen molar-refractivity contribution in [1.29, 1.82) is 0 Å². The zero-order valence-electron chi connectivity index (χ0n) is 53.3. The summed E-state index contributed by atoms with van der Waals surface area (Å²) in [5.41, 5.74) is 6.44. The molecule has 2 unspecified atom stereocenters. The summed E-state index contributed by atoms with van der Waals surface area (Å²) < 4.78 is 78.5. The molecular weight excluding hydrogens is 1180 g/mol. The first kappa shape index (κ1) is 65.1. The fraction of sp³-hybridized carbons (Fsp3) is 0.257. The zero-order valence-corrected chi connectivity index (χ0v) is 54.3. The number of carboxylic acids is 1. The van der Waals surface area contributed by atoms with Crippen molar-refractivity contribution in [1.82, 2.24) is 19.9 Å². The van der Waals surface area contributed by atoms with Gasteiger partial charge in [-0.3, -0.25) is 0 Å². The lowest BCUT2D eigenvalue weighted by molar-refractivity contribution is -0.145. The van der Waals surface area contributed by atoms with Crippen molar-refractivity contribution in [3.05, 3.63) is 234 Å². The van der Waals surface area contributed by atoms with Gasteiger partial charge >= 0.3 is 5.97 Å². The van der Waals surface area contributed by atoms with Gasteiger partial charge in [-0.25, -0.2) is 29.1 Å². The molecule has 18 heteroatoms. The van der Waals surface area contributed by atoms with E-state index in [1.54, 1.807) is 63.9 Å². The quantitative estimate of drug-likeness (QED) is 0.0211. The van der Waals surface area contributed by atoms with Crippen molar-refractivity contribution in [3.8, 4) is 74.2 Å². The van der Waals surface area contributed by atoms with E-state index in [0.717, 1.165) is 27.8 Å². The van der Waals surface area contributed by atoms with Crippen LogP contribution in [0.25, 0.3) is 44.9 Å². The van der Waals surface area contributed by atoms with Crippen LogP contribution in [-0.2, 0) is 32.9 Å². The van der Waals surface area contributed by atoms with Gasteiger partial charge in [-0.05, 0) is 162 Å². The normalized spacial score (nSPS) is 12.4. The third-order valence-corrected chi connectivity index (χ3v) is 20.8. The summed E-state index contributed by atoms with van der Waals surface area (Å²) in [7, 11) is 2.45. The number of nitrogens with zero attached hydrogens (tertiary/aromatic N) is 4. The van der Waals surface area contributed by atoms with Crippen LogP contribution in [-0.4, -0.2) is 92.7 Å². The zero-order chi connectivity index (χ0) is 65.2. The molecule has 0 aliphatic carbocycles. The third-order valence-electron chi connectivity index (χ3n) is 16.4. The molecule has 0 bridgehead atoms. The molecule has 7 aromatic carbocycles. The second-order valence-corrected chi connectivity index (χ2v) is 28.4. The number of hydrogen-bond acceptors (Lipinski definition) is 15. The molecule has 1 N–H and O–H groups in total. The Hall–Kier alpha value is -9.88. The first-order valence-electron chi connectivity index (χ1n) is 30.1. The number of ether oxygens (including phenoxy) is 8. The van der Waals surface area contributed by atoms with Crippen molar-refractivity contribution in [2.75, 3.05) is 41.2 Å². The lowest BCUT2D eigenvalue weighted by atomic mass is 9.80. The predicted molar refractivity (Wildman–Crippen MR) is 354 cm³/mol. The Kier molecular flexibility index (Phi) is 20.2. The summed E-state index contributed by atoms with van der Waals surface area (Å²) in [4.78, 5) is 32.2. The van der Waals surface area contributed by atoms with E-state index in [0.29, 0.717) is 79.6 Å². The number of aryl methyl sites for hydroxylation is 2. The molecule has 474 valence electrons. The minimum absolute atomic E-state index is 0.0139. The van der Waals surface area contributed by atoms with Gasteiger partial charge in [0.2, 0.25) is 26.0 Å². The molecule has 92 heavy (non-hydrogen) atoms. The summed E-state index contributed by atoms with van der Waals surface area (Å²) in [5, 5.41) is 11.3. The molecule has 2 atom stereocenters. The molecule has 3 heterocycles. The average Bonchev–Trinajstić information content (AvgIpc) is 1.35. The molecule has 0 radical (unpaired) electrons. The molecule has 0 fully saturated rings. The number of carbonyl (C=O) groups is 1.